The van der Waals surface area contributed by atoms with Gasteiger partial charge in [-0.1, -0.05) is 18.2 Å². The highest BCUT2D eigenvalue weighted by atomic mass is 19.1. The van der Waals surface area contributed by atoms with Crippen molar-refractivity contribution in [2.24, 2.45) is 0 Å². The largest absolute Gasteiger partial charge is 0.366 e. The fraction of sp³-hybridized carbons (Fsp3) is 0.286. The fourth-order valence-electron chi connectivity index (χ4n) is 2.24. The van der Waals surface area contributed by atoms with Crippen molar-refractivity contribution < 1.29 is 4.39 Å². The van der Waals surface area contributed by atoms with Crippen LogP contribution >= 0.6 is 0 Å². The van der Waals surface area contributed by atoms with Gasteiger partial charge in [0.1, 0.15) is 18.0 Å². The number of hydrogen-bond donors (Lipinski definition) is 2. The van der Waals surface area contributed by atoms with Crippen LogP contribution < -0.4 is 10.6 Å². The SMILES string of the molecule is Fc1ccccc1CNc1ncnc2c1CNCC2. The summed E-state index contributed by atoms with van der Waals surface area (Å²) in [5.74, 6) is 0.594. The normalized spacial score (nSPS) is 13.9. The Morgan fingerprint density at radius 3 is 3.05 bits per heavy atom. The van der Waals surface area contributed by atoms with Gasteiger partial charge < -0.3 is 10.6 Å². The number of fused-ring (bicyclic) bond motifs is 1. The topological polar surface area (TPSA) is 49.8 Å². The maximum Gasteiger partial charge on any atom is 0.134 e. The number of halogens is 1. The molecule has 19 heavy (non-hydrogen) atoms. The molecule has 0 fully saturated rings. The summed E-state index contributed by atoms with van der Waals surface area (Å²) in [5.41, 5.74) is 2.80. The third-order valence-electron chi connectivity index (χ3n) is 3.28. The van der Waals surface area contributed by atoms with E-state index in [1.54, 1.807) is 18.5 Å². The van der Waals surface area contributed by atoms with Gasteiger partial charge >= 0.3 is 0 Å². The van der Waals surface area contributed by atoms with Crippen molar-refractivity contribution in [1.29, 1.82) is 0 Å². The summed E-state index contributed by atoms with van der Waals surface area (Å²) in [6.07, 6.45) is 2.47. The van der Waals surface area contributed by atoms with Crippen LogP contribution in [-0.4, -0.2) is 16.5 Å². The second-order valence-electron chi connectivity index (χ2n) is 4.52. The molecule has 0 bridgehead atoms. The maximum atomic E-state index is 13.5. The summed E-state index contributed by atoms with van der Waals surface area (Å²) >= 11 is 0. The molecule has 2 N–H and O–H groups in total. The Kier molecular flexibility index (Phi) is 3.37. The molecule has 1 aliphatic heterocycles. The summed E-state index contributed by atoms with van der Waals surface area (Å²) in [4.78, 5) is 8.54. The van der Waals surface area contributed by atoms with Gasteiger partial charge in [-0.15, -0.1) is 0 Å². The predicted octanol–water partition coefficient (Wildman–Crippen LogP) is 1.87. The van der Waals surface area contributed by atoms with Crippen LogP contribution in [0.2, 0.25) is 0 Å². The number of anilines is 1. The van der Waals surface area contributed by atoms with E-state index in [4.69, 9.17) is 0 Å². The Morgan fingerprint density at radius 1 is 1.26 bits per heavy atom. The zero-order chi connectivity index (χ0) is 13.1. The molecule has 0 radical (unpaired) electrons. The number of nitrogens with zero attached hydrogens (tertiary/aromatic N) is 2. The van der Waals surface area contributed by atoms with Crippen LogP contribution in [0.5, 0.6) is 0 Å². The van der Waals surface area contributed by atoms with Crippen molar-refractivity contribution in [3.63, 3.8) is 0 Å². The van der Waals surface area contributed by atoms with Gasteiger partial charge in [0.05, 0.1) is 5.69 Å². The smallest absolute Gasteiger partial charge is 0.134 e. The van der Waals surface area contributed by atoms with Crippen LogP contribution in [0.4, 0.5) is 10.2 Å². The summed E-state index contributed by atoms with van der Waals surface area (Å²) in [5, 5.41) is 6.50. The minimum atomic E-state index is -0.198. The monoisotopic (exact) mass is 258 g/mol. The first-order valence-corrected chi connectivity index (χ1v) is 6.35. The molecule has 1 aliphatic rings. The second-order valence-corrected chi connectivity index (χ2v) is 4.52. The van der Waals surface area contributed by atoms with Gasteiger partial charge in [-0.2, -0.15) is 0 Å². The van der Waals surface area contributed by atoms with E-state index in [1.165, 1.54) is 6.07 Å². The van der Waals surface area contributed by atoms with Crippen LogP contribution in [0.3, 0.4) is 0 Å². The van der Waals surface area contributed by atoms with Gasteiger partial charge in [-0.25, -0.2) is 14.4 Å². The van der Waals surface area contributed by atoms with Crippen molar-refractivity contribution in [3.05, 3.63) is 53.2 Å². The number of rotatable bonds is 3. The lowest BCUT2D eigenvalue weighted by atomic mass is 10.1. The first-order chi connectivity index (χ1) is 9.34. The van der Waals surface area contributed by atoms with Crippen LogP contribution in [0, 0.1) is 5.82 Å². The van der Waals surface area contributed by atoms with E-state index in [0.29, 0.717) is 12.1 Å². The lowest BCUT2D eigenvalue weighted by Gasteiger charge is -2.19. The quantitative estimate of drug-likeness (QED) is 0.882. The summed E-state index contributed by atoms with van der Waals surface area (Å²) in [6.45, 7) is 2.13. The zero-order valence-electron chi connectivity index (χ0n) is 10.5. The van der Waals surface area contributed by atoms with E-state index in [9.17, 15) is 4.39 Å². The number of nitrogens with one attached hydrogen (secondary N) is 2. The van der Waals surface area contributed by atoms with Gasteiger partial charge in [0, 0.05) is 37.2 Å². The molecule has 5 heteroatoms. The molecule has 2 aromatic rings. The first kappa shape index (κ1) is 12.0. The Morgan fingerprint density at radius 2 is 2.16 bits per heavy atom. The average Bonchev–Trinajstić information content (AvgIpc) is 2.46. The lowest BCUT2D eigenvalue weighted by Crippen LogP contribution is -2.26. The van der Waals surface area contributed by atoms with Crippen LogP contribution in [0.25, 0.3) is 0 Å². The molecular formula is C14H15FN4. The van der Waals surface area contributed by atoms with Gasteiger partial charge in [0.15, 0.2) is 0 Å². The highest BCUT2D eigenvalue weighted by Crippen LogP contribution is 2.19. The molecule has 0 saturated carbocycles. The fourth-order valence-corrected chi connectivity index (χ4v) is 2.24. The standard InChI is InChI=1S/C14H15FN4/c15-12-4-2-1-3-10(12)7-17-14-11-8-16-6-5-13(11)18-9-19-14/h1-4,9,16H,5-8H2,(H,17,18,19). The average molecular weight is 258 g/mol. The van der Waals surface area contributed by atoms with Crippen LogP contribution in [0.1, 0.15) is 16.8 Å². The Bertz CT molecular complexity index is 585. The summed E-state index contributed by atoms with van der Waals surface area (Å²) < 4.78 is 13.5. The molecule has 3 rings (SSSR count). The van der Waals surface area contributed by atoms with Crippen molar-refractivity contribution in [2.45, 2.75) is 19.5 Å². The molecule has 2 heterocycles. The molecule has 0 spiro atoms. The minimum absolute atomic E-state index is 0.198. The minimum Gasteiger partial charge on any atom is -0.366 e. The van der Waals surface area contributed by atoms with Crippen LogP contribution in [-0.2, 0) is 19.5 Å². The molecule has 1 aromatic carbocycles. The first-order valence-electron chi connectivity index (χ1n) is 6.35. The van der Waals surface area contributed by atoms with E-state index in [0.717, 1.165) is 36.6 Å². The second kappa shape index (κ2) is 5.32. The van der Waals surface area contributed by atoms with Crippen molar-refractivity contribution >= 4 is 5.82 Å². The lowest BCUT2D eigenvalue weighted by molar-refractivity contribution is 0.611. The Balaban J connectivity index is 1.79. The molecule has 0 unspecified atom stereocenters. The van der Waals surface area contributed by atoms with Gasteiger partial charge in [-0.05, 0) is 6.07 Å². The van der Waals surface area contributed by atoms with Gasteiger partial charge in [-0.3, -0.25) is 0 Å². The highest BCUT2D eigenvalue weighted by molar-refractivity contribution is 5.47. The van der Waals surface area contributed by atoms with Gasteiger partial charge in [0.25, 0.3) is 0 Å². The summed E-state index contributed by atoms with van der Waals surface area (Å²) in [7, 11) is 0. The van der Waals surface area contributed by atoms with Gasteiger partial charge in [0.2, 0.25) is 0 Å². The zero-order valence-corrected chi connectivity index (χ0v) is 10.5. The maximum absolute atomic E-state index is 13.5. The Labute approximate surface area is 111 Å². The molecule has 4 nitrogen and oxygen atoms in total. The number of hydrogen-bond acceptors (Lipinski definition) is 4. The molecule has 0 atom stereocenters. The van der Waals surface area contributed by atoms with E-state index < -0.39 is 0 Å². The molecule has 0 amide bonds. The predicted molar refractivity (Wildman–Crippen MR) is 71.2 cm³/mol. The molecule has 0 aliphatic carbocycles. The third-order valence-corrected chi connectivity index (χ3v) is 3.28. The highest BCUT2D eigenvalue weighted by Gasteiger charge is 2.14. The van der Waals surface area contributed by atoms with E-state index in [2.05, 4.69) is 20.6 Å². The van der Waals surface area contributed by atoms with E-state index in [-0.39, 0.29) is 5.82 Å². The number of aromatic nitrogens is 2. The molecule has 98 valence electrons. The van der Waals surface area contributed by atoms with Crippen molar-refractivity contribution in [3.8, 4) is 0 Å². The molecular weight excluding hydrogens is 243 g/mol. The summed E-state index contributed by atoms with van der Waals surface area (Å²) in [6, 6.07) is 6.76. The number of benzene rings is 1. The van der Waals surface area contributed by atoms with Crippen molar-refractivity contribution in [1.82, 2.24) is 15.3 Å². The Hall–Kier alpha value is -2.01. The third kappa shape index (κ3) is 2.56. The van der Waals surface area contributed by atoms with Crippen molar-refractivity contribution in [2.75, 3.05) is 11.9 Å². The van der Waals surface area contributed by atoms with Crippen LogP contribution in [0.15, 0.2) is 30.6 Å². The van der Waals surface area contributed by atoms with E-state index >= 15 is 0 Å². The van der Waals surface area contributed by atoms with E-state index in [1.807, 2.05) is 6.07 Å². The molecule has 0 saturated heterocycles. The molecule has 1 aromatic heterocycles.